The Balaban J connectivity index is 2.03. The van der Waals surface area contributed by atoms with E-state index in [1.807, 2.05) is 6.92 Å². The average Bonchev–Trinajstić information content (AvgIpc) is 2.62. The third-order valence-corrected chi connectivity index (χ3v) is 5.07. The van der Waals surface area contributed by atoms with Gasteiger partial charge in [-0.3, -0.25) is 0 Å². The van der Waals surface area contributed by atoms with Crippen molar-refractivity contribution in [1.29, 1.82) is 0 Å². The highest BCUT2D eigenvalue weighted by molar-refractivity contribution is 7.92. The van der Waals surface area contributed by atoms with Crippen LogP contribution in [0.15, 0.2) is 42.4 Å². The lowest BCUT2D eigenvalue weighted by Crippen LogP contribution is -2.26. The van der Waals surface area contributed by atoms with Gasteiger partial charge in [0, 0.05) is 30.3 Å². The van der Waals surface area contributed by atoms with Crippen molar-refractivity contribution in [1.82, 2.24) is 9.71 Å². The molecule has 0 amide bonds. The fraction of sp³-hybridized carbons (Fsp3) is 0.235. The fourth-order valence-corrected chi connectivity index (χ4v) is 2.83. The number of pyridine rings is 1. The average molecular weight is 417 g/mol. The molecular weight excluding hydrogens is 399 g/mol. The summed E-state index contributed by atoms with van der Waals surface area (Å²) in [6.45, 7) is 5.44. The van der Waals surface area contributed by atoms with Gasteiger partial charge < -0.3 is 9.47 Å². The van der Waals surface area contributed by atoms with Gasteiger partial charge >= 0.3 is 0 Å². The molecule has 0 fully saturated rings. The Bertz CT molecular complexity index is 888. The van der Waals surface area contributed by atoms with Crippen LogP contribution < -0.4 is 14.2 Å². The molecule has 1 N–H and O–H groups in total. The van der Waals surface area contributed by atoms with E-state index in [9.17, 15) is 8.42 Å². The molecule has 1 aromatic heterocycles. The van der Waals surface area contributed by atoms with Crippen molar-refractivity contribution in [2.24, 2.45) is 0 Å². The summed E-state index contributed by atoms with van der Waals surface area (Å²) >= 11 is 12.1. The summed E-state index contributed by atoms with van der Waals surface area (Å²) in [5, 5.41) is 1.69. The maximum absolute atomic E-state index is 11.2. The number of aryl methyl sites for hydroxylation is 1. The van der Waals surface area contributed by atoms with Crippen molar-refractivity contribution in [3.8, 4) is 17.4 Å². The largest absolute Gasteiger partial charge is 0.492 e. The minimum absolute atomic E-state index is 0.111. The third kappa shape index (κ3) is 5.88. The number of aromatic nitrogens is 1. The van der Waals surface area contributed by atoms with Gasteiger partial charge in [-0.1, -0.05) is 36.7 Å². The van der Waals surface area contributed by atoms with Gasteiger partial charge in [-0.2, -0.15) is 0 Å². The van der Waals surface area contributed by atoms with Crippen LogP contribution in [0, 0.1) is 0 Å². The molecule has 2 aromatic rings. The lowest BCUT2D eigenvalue weighted by Gasteiger charge is -2.12. The molecule has 0 spiro atoms. The zero-order chi connectivity index (χ0) is 19.2. The number of ether oxygens (including phenoxy) is 2. The van der Waals surface area contributed by atoms with Crippen molar-refractivity contribution in [3.63, 3.8) is 0 Å². The molecule has 2 rings (SSSR count). The maximum atomic E-state index is 11.2. The fourth-order valence-electron chi connectivity index (χ4n) is 2.00. The van der Waals surface area contributed by atoms with E-state index in [0.29, 0.717) is 33.8 Å². The van der Waals surface area contributed by atoms with Crippen LogP contribution in [0.25, 0.3) is 0 Å². The SMILES string of the molecule is C=CS(=O)(=O)NCCOc1ccnc(Oc2cc(Cl)c(Cl)cc2CC)c1. The van der Waals surface area contributed by atoms with E-state index < -0.39 is 10.0 Å². The molecule has 0 aliphatic heterocycles. The number of rotatable bonds is 9. The van der Waals surface area contributed by atoms with Crippen molar-refractivity contribution in [2.45, 2.75) is 13.3 Å². The smallest absolute Gasteiger partial charge is 0.233 e. The predicted molar refractivity (Wildman–Crippen MR) is 103 cm³/mol. The highest BCUT2D eigenvalue weighted by Crippen LogP contribution is 2.33. The minimum atomic E-state index is -3.46. The molecule has 6 nitrogen and oxygen atoms in total. The van der Waals surface area contributed by atoms with Gasteiger partial charge in [-0.25, -0.2) is 18.1 Å². The Morgan fingerprint density at radius 1 is 1.27 bits per heavy atom. The van der Waals surface area contributed by atoms with Gasteiger partial charge in [0.05, 0.1) is 10.0 Å². The van der Waals surface area contributed by atoms with Gasteiger partial charge in [0.2, 0.25) is 15.9 Å². The van der Waals surface area contributed by atoms with E-state index in [1.54, 1.807) is 24.3 Å². The first-order chi connectivity index (χ1) is 12.3. The summed E-state index contributed by atoms with van der Waals surface area (Å²) in [5.41, 5.74) is 0.895. The van der Waals surface area contributed by atoms with Crippen molar-refractivity contribution >= 4 is 33.2 Å². The van der Waals surface area contributed by atoms with Crippen LogP contribution in [0.5, 0.6) is 17.4 Å². The number of hydrogen-bond acceptors (Lipinski definition) is 5. The number of nitrogens with one attached hydrogen (secondary N) is 1. The molecule has 0 aliphatic carbocycles. The molecule has 1 aromatic carbocycles. The van der Waals surface area contributed by atoms with Crippen LogP contribution in [0.3, 0.4) is 0 Å². The van der Waals surface area contributed by atoms with Gasteiger partial charge in [0.15, 0.2) is 0 Å². The second-order valence-electron chi connectivity index (χ2n) is 5.11. The molecule has 0 radical (unpaired) electrons. The molecule has 26 heavy (non-hydrogen) atoms. The summed E-state index contributed by atoms with van der Waals surface area (Å²) in [5.74, 6) is 1.37. The molecule has 140 valence electrons. The van der Waals surface area contributed by atoms with Crippen LogP contribution in [0.2, 0.25) is 10.0 Å². The Labute approximate surface area is 162 Å². The topological polar surface area (TPSA) is 77.5 Å². The molecule has 9 heteroatoms. The predicted octanol–water partition coefficient (Wildman–Crippen LogP) is 4.18. The van der Waals surface area contributed by atoms with Crippen molar-refractivity contribution in [3.05, 3.63) is 58.1 Å². The Hall–Kier alpha value is -1.80. The highest BCUT2D eigenvalue weighted by Gasteiger charge is 2.10. The number of hydrogen-bond donors (Lipinski definition) is 1. The van der Waals surface area contributed by atoms with Crippen LogP contribution in [0.4, 0.5) is 0 Å². The molecule has 0 unspecified atom stereocenters. The Kier molecular flexibility index (Phi) is 7.28. The van der Waals surface area contributed by atoms with Gasteiger partial charge in [0.25, 0.3) is 0 Å². The van der Waals surface area contributed by atoms with E-state index in [0.717, 1.165) is 11.0 Å². The van der Waals surface area contributed by atoms with Crippen molar-refractivity contribution in [2.75, 3.05) is 13.2 Å². The number of halogens is 2. The number of benzene rings is 1. The van der Waals surface area contributed by atoms with Crippen LogP contribution in [0.1, 0.15) is 12.5 Å². The first-order valence-corrected chi connectivity index (χ1v) is 10.0. The van der Waals surface area contributed by atoms with Gasteiger partial charge in [0.1, 0.15) is 18.1 Å². The lowest BCUT2D eigenvalue weighted by molar-refractivity contribution is 0.320. The molecule has 1 heterocycles. The second-order valence-corrected chi connectivity index (χ2v) is 7.64. The first-order valence-electron chi connectivity index (χ1n) is 7.71. The maximum Gasteiger partial charge on any atom is 0.233 e. The zero-order valence-corrected chi connectivity index (χ0v) is 16.4. The zero-order valence-electron chi connectivity index (χ0n) is 14.0. The second kappa shape index (κ2) is 9.23. The van der Waals surface area contributed by atoms with E-state index >= 15 is 0 Å². The lowest BCUT2D eigenvalue weighted by atomic mass is 10.1. The number of sulfonamides is 1. The van der Waals surface area contributed by atoms with Crippen LogP contribution in [-0.2, 0) is 16.4 Å². The summed E-state index contributed by atoms with van der Waals surface area (Å²) in [6, 6.07) is 6.64. The Morgan fingerprint density at radius 2 is 2.00 bits per heavy atom. The van der Waals surface area contributed by atoms with E-state index in [2.05, 4.69) is 16.3 Å². The molecule has 0 saturated carbocycles. The third-order valence-electron chi connectivity index (χ3n) is 3.30. The van der Waals surface area contributed by atoms with Crippen LogP contribution >= 0.6 is 23.2 Å². The summed E-state index contributed by atoms with van der Waals surface area (Å²) in [7, 11) is -3.46. The first kappa shape index (κ1) is 20.5. The van der Waals surface area contributed by atoms with Crippen LogP contribution in [-0.4, -0.2) is 26.6 Å². The highest BCUT2D eigenvalue weighted by atomic mass is 35.5. The van der Waals surface area contributed by atoms with Gasteiger partial charge in [-0.05, 0) is 24.1 Å². The minimum Gasteiger partial charge on any atom is -0.492 e. The monoisotopic (exact) mass is 416 g/mol. The molecular formula is C17H18Cl2N2O4S. The van der Waals surface area contributed by atoms with E-state index in [4.69, 9.17) is 32.7 Å². The summed E-state index contributed by atoms with van der Waals surface area (Å²) in [6.07, 6.45) is 2.24. The standard InChI is InChI=1S/C17H18Cl2N2O4S/c1-3-12-9-14(18)15(19)11-16(12)25-17-10-13(5-6-20-17)24-8-7-21-26(22,23)4-2/h4-6,9-11,21H,2-3,7-8H2,1H3. The number of nitrogens with zero attached hydrogens (tertiary/aromatic N) is 1. The Morgan fingerprint density at radius 3 is 2.69 bits per heavy atom. The van der Waals surface area contributed by atoms with Gasteiger partial charge in [-0.15, -0.1) is 0 Å². The van der Waals surface area contributed by atoms with E-state index in [1.165, 1.54) is 6.20 Å². The van der Waals surface area contributed by atoms with Crippen molar-refractivity contribution < 1.29 is 17.9 Å². The summed E-state index contributed by atoms with van der Waals surface area (Å²) < 4.78 is 36.1. The summed E-state index contributed by atoms with van der Waals surface area (Å²) in [4.78, 5) is 4.14. The quantitative estimate of drug-likeness (QED) is 0.620. The molecule has 0 bridgehead atoms. The molecule has 0 aliphatic rings. The van der Waals surface area contributed by atoms with E-state index in [-0.39, 0.29) is 13.2 Å². The normalized spacial score (nSPS) is 11.2. The molecule has 0 atom stereocenters. The molecule has 0 saturated heterocycles.